The summed E-state index contributed by atoms with van der Waals surface area (Å²) < 4.78 is 0. The van der Waals surface area contributed by atoms with Gasteiger partial charge in [-0.25, -0.2) is 0 Å². The summed E-state index contributed by atoms with van der Waals surface area (Å²) >= 11 is 0. The predicted molar refractivity (Wildman–Crippen MR) is 79.3 cm³/mol. The first-order chi connectivity index (χ1) is 9.77. The van der Waals surface area contributed by atoms with E-state index in [2.05, 4.69) is 0 Å². The Morgan fingerprint density at radius 2 is 2.05 bits per heavy atom. The minimum atomic E-state index is -0.302. The van der Waals surface area contributed by atoms with E-state index in [1.165, 1.54) is 0 Å². The van der Waals surface area contributed by atoms with Gasteiger partial charge < -0.3 is 15.7 Å². The zero-order chi connectivity index (χ0) is 14.4. The predicted octanol–water partition coefficient (Wildman–Crippen LogP) is 1.49. The van der Waals surface area contributed by atoms with Crippen LogP contribution >= 0.6 is 0 Å². The monoisotopic (exact) mass is 276 g/mol. The maximum atomic E-state index is 12.8. The number of aliphatic hydroxyl groups excluding tert-OH is 1. The van der Waals surface area contributed by atoms with Gasteiger partial charge in [-0.05, 0) is 18.4 Å². The molecule has 0 bridgehead atoms. The standard InChI is InChI=1S/C16H24N2O2/c17-11-15(13-7-3-1-4-8-13)16(20)18-10-6-2-5-9-14(18)12-19/h1,3-4,7-8,14-15,19H,2,5-6,9-12,17H2. The van der Waals surface area contributed by atoms with Crippen LogP contribution in [0.25, 0.3) is 0 Å². The summed E-state index contributed by atoms with van der Waals surface area (Å²) in [5.74, 6) is -0.247. The van der Waals surface area contributed by atoms with Gasteiger partial charge in [-0.2, -0.15) is 0 Å². The van der Waals surface area contributed by atoms with Gasteiger partial charge in [0.25, 0.3) is 0 Å². The highest BCUT2D eigenvalue weighted by Gasteiger charge is 2.30. The number of likely N-dealkylation sites (tertiary alicyclic amines) is 1. The largest absolute Gasteiger partial charge is 0.394 e. The second-order valence-electron chi connectivity index (χ2n) is 5.42. The van der Waals surface area contributed by atoms with Gasteiger partial charge in [0.15, 0.2) is 0 Å². The van der Waals surface area contributed by atoms with Gasteiger partial charge in [-0.3, -0.25) is 4.79 Å². The molecule has 0 aromatic heterocycles. The lowest BCUT2D eigenvalue weighted by Crippen LogP contribution is -2.45. The topological polar surface area (TPSA) is 66.6 Å². The summed E-state index contributed by atoms with van der Waals surface area (Å²) in [6, 6.07) is 9.63. The quantitative estimate of drug-likeness (QED) is 0.875. The SMILES string of the molecule is NCC(C(=O)N1CCCCCC1CO)c1ccccc1. The molecule has 4 heteroatoms. The first-order valence-corrected chi connectivity index (χ1v) is 7.44. The maximum Gasteiger partial charge on any atom is 0.231 e. The molecule has 2 rings (SSSR count). The number of benzene rings is 1. The smallest absolute Gasteiger partial charge is 0.231 e. The van der Waals surface area contributed by atoms with Crippen molar-refractivity contribution in [1.29, 1.82) is 0 Å². The molecule has 1 amide bonds. The number of carbonyl (C=O) groups is 1. The van der Waals surface area contributed by atoms with Gasteiger partial charge >= 0.3 is 0 Å². The van der Waals surface area contributed by atoms with Crippen LogP contribution in [-0.4, -0.2) is 41.7 Å². The van der Waals surface area contributed by atoms with Crippen LogP contribution in [-0.2, 0) is 4.79 Å². The first-order valence-electron chi connectivity index (χ1n) is 7.44. The zero-order valence-corrected chi connectivity index (χ0v) is 11.9. The maximum absolute atomic E-state index is 12.8. The molecule has 0 aliphatic carbocycles. The molecule has 1 aliphatic rings. The fourth-order valence-electron chi connectivity index (χ4n) is 2.92. The van der Waals surface area contributed by atoms with Gasteiger partial charge in [0.1, 0.15) is 0 Å². The summed E-state index contributed by atoms with van der Waals surface area (Å²) in [4.78, 5) is 14.6. The molecule has 1 aliphatic heterocycles. The zero-order valence-electron chi connectivity index (χ0n) is 11.9. The number of carbonyl (C=O) groups excluding carboxylic acids is 1. The van der Waals surface area contributed by atoms with Gasteiger partial charge in [-0.1, -0.05) is 43.2 Å². The van der Waals surface area contributed by atoms with E-state index in [1.54, 1.807) is 0 Å². The van der Waals surface area contributed by atoms with Crippen molar-refractivity contribution >= 4 is 5.91 Å². The highest BCUT2D eigenvalue weighted by atomic mass is 16.3. The van der Waals surface area contributed by atoms with Gasteiger partial charge in [0.05, 0.1) is 18.6 Å². The van der Waals surface area contributed by atoms with Crippen molar-refractivity contribution in [1.82, 2.24) is 4.90 Å². The van der Waals surface area contributed by atoms with Gasteiger partial charge in [-0.15, -0.1) is 0 Å². The van der Waals surface area contributed by atoms with Crippen LogP contribution in [0.4, 0.5) is 0 Å². The Bertz CT molecular complexity index is 422. The summed E-state index contributed by atoms with van der Waals surface area (Å²) in [5.41, 5.74) is 6.79. The number of hydrogen-bond acceptors (Lipinski definition) is 3. The average molecular weight is 276 g/mol. The second kappa shape index (κ2) is 7.41. The van der Waals surface area contributed by atoms with Crippen LogP contribution < -0.4 is 5.73 Å². The molecule has 0 radical (unpaired) electrons. The van der Waals surface area contributed by atoms with Crippen LogP contribution in [0.2, 0.25) is 0 Å². The molecule has 3 N–H and O–H groups in total. The summed E-state index contributed by atoms with van der Waals surface area (Å²) in [5, 5.41) is 9.54. The third kappa shape index (κ3) is 3.38. The average Bonchev–Trinajstić information content (AvgIpc) is 2.74. The molecule has 2 unspecified atom stereocenters. The molecule has 4 nitrogen and oxygen atoms in total. The van der Waals surface area contributed by atoms with Crippen molar-refractivity contribution in [2.75, 3.05) is 19.7 Å². The number of nitrogens with zero attached hydrogens (tertiary/aromatic N) is 1. The fraction of sp³-hybridized carbons (Fsp3) is 0.562. The molecule has 1 saturated heterocycles. The Morgan fingerprint density at radius 3 is 2.70 bits per heavy atom. The minimum absolute atomic E-state index is 0.0395. The van der Waals surface area contributed by atoms with Crippen LogP contribution in [0.3, 0.4) is 0 Å². The normalized spacial score (nSPS) is 21.3. The molecule has 1 aromatic carbocycles. The summed E-state index contributed by atoms with van der Waals surface area (Å²) in [6.07, 6.45) is 4.09. The van der Waals surface area contributed by atoms with Crippen LogP contribution in [0.5, 0.6) is 0 Å². The lowest BCUT2D eigenvalue weighted by atomic mass is 9.96. The van der Waals surface area contributed by atoms with E-state index in [0.29, 0.717) is 6.54 Å². The molecule has 0 saturated carbocycles. The van der Waals surface area contributed by atoms with E-state index in [9.17, 15) is 9.90 Å². The molecule has 110 valence electrons. The highest BCUT2D eigenvalue weighted by Crippen LogP contribution is 2.23. The first kappa shape index (κ1) is 15.0. The lowest BCUT2D eigenvalue weighted by Gasteiger charge is -2.32. The molecule has 0 spiro atoms. The number of aliphatic hydroxyl groups is 1. The molecule has 2 atom stereocenters. The number of nitrogens with two attached hydrogens (primary N) is 1. The highest BCUT2D eigenvalue weighted by molar-refractivity contribution is 5.84. The Kier molecular flexibility index (Phi) is 5.56. The van der Waals surface area contributed by atoms with Crippen molar-refractivity contribution in [2.24, 2.45) is 5.73 Å². The van der Waals surface area contributed by atoms with Gasteiger partial charge in [0.2, 0.25) is 5.91 Å². The Morgan fingerprint density at radius 1 is 1.30 bits per heavy atom. The van der Waals surface area contributed by atoms with E-state index in [4.69, 9.17) is 5.73 Å². The number of rotatable bonds is 4. The molecule has 1 heterocycles. The third-order valence-electron chi connectivity index (χ3n) is 4.11. The third-order valence-corrected chi connectivity index (χ3v) is 4.11. The molecule has 1 fully saturated rings. The Labute approximate surface area is 120 Å². The van der Waals surface area contributed by atoms with Gasteiger partial charge in [0, 0.05) is 13.1 Å². The fourth-order valence-corrected chi connectivity index (χ4v) is 2.92. The van der Waals surface area contributed by atoms with E-state index in [0.717, 1.165) is 37.8 Å². The van der Waals surface area contributed by atoms with E-state index >= 15 is 0 Å². The number of amides is 1. The van der Waals surface area contributed by atoms with Crippen molar-refractivity contribution in [3.63, 3.8) is 0 Å². The van der Waals surface area contributed by atoms with Crippen LogP contribution in [0, 0.1) is 0 Å². The molecule has 1 aromatic rings. The van der Waals surface area contributed by atoms with Crippen LogP contribution in [0.1, 0.15) is 37.2 Å². The number of hydrogen-bond donors (Lipinski definition) is 2. The Balaban J connectivity index is 2.18. The molecule has 20 heavy (non-hydrogen) atoms. The van der Waals surface area contributed by atoms with Crippen LogP contribution in [0.15, 0.2) is 30.3 Å². The van der Waals surface area contributed by atoms with Crippen molar-refractivity contribution in [2.45, 2.75) is 37.6 Å². The lowest BCUT2D eigenvalue weighted by molar-refractivity contribution is -0.135. The molecular formula is C16H24N2O2. The summed E-state index contributed by atoms with van der Waals surface area (Å²) in [7, 11) is 0. The van der Waals surface area contributed by atoms with E-state index in [-0.39, 0.29) is 24.5 Å². The van der Waals surface area contributed by atoms with Crippen molar-refractivity contribution in [3.05, 3.63) is 35.9 Å². The van der Waals surface area contributed by atoms with E-state index < -0.39 is 0 Å². The van der Waals surface area contributed by atoms with E-state index in [1.807, 2.05) is 35.2 Å². The summed E-state index contributed by atoms with van der Waals surface area (Å²) in [6.45, 7) is 1.07. The minimum Gasteiger partial charge on any atom is -0.394 e. The van der Waals surface area contributed by atoms with Crippen molar-refractivity contribution in [3.8, 4) is 0 Å². The second-order valence-corrected chi connectivity index (χ2v) is 5.42. The molecular weight excluding hydrogens is 252 g/mol. The van der Waals surface area contributed by atoms with Crippen molar-refractivity contribution < 1.29 is 9.90 Å². The Hall–Kier alpha value is -1.39.